The lowest BCUT2D eigenvalue weighted by Crippen LogP contribution is -2.28. The molecular formula is C20H25NO2S. The number of hydrogen-bond acceptors (Lipinski definition) is 2. The monoisotopic (exact) mass is 343 g/mol. The Hall–Kier alpha value is -1.65. The summed E-state index contributed by atoms with van der Waals surface area (Å²) in [6, 6.07) is 13.2. The second-order valence-electron chi connectivity index (χ2n) is 6.63. The zero-order valence-corrected chi connectivity index (χ0v) is 15.2. The quantitative estimate of drug-likeness (QED) is 0.879. The molecule has 0 saturated carbocycles. The van der Waals surface area contributed by atoms with E-state index in [1.807, 2.05) is 26.0 Å². The zero-order chi connectivity index (χ0) is 17.2. The second-order valence-corrected chi connectivity index (χ2v) is 8.34. The Labute approximate surface area is 145 Å². The minimum atomic E-state index is -3.51. The summed E-state index contributed by atoms with van der Waals surface area (Å²) in [5.74, 6) is 0. The lowest BCUT2D eigenvalue weighted by molar-refractivity contribution is 0.549. The average molecular weight is 343 g/mol. The fourth-order valence-corrected chi connectivity index (χ4v) is 4.64. The number of benzene rings is 2. The summed E-state index contributed by atoms with van der Waals surface area (Å²) in [6.07, 6.45) is 5.45. The molecular weight excluding hydrogens is 318 g/mol. The lowest BCUT2D eigenvalue weighted by Gasteiger charge is -2.21. The molecule has 24 heavy (non-hydrogen) atoms. The van der Waals surface area contributed by atoms with Crippen molar-refractivity contribution < 1.29 is 8.42 Å². The van der Waals surface area contributed by atoms with Gasteiger partial charge in [-0.15, -0.1) is 0 Å². The van der Waals surface area contributed by atoms with Crippen molar-refractivity contribution in [3.63, 3.8) is 0 Å². The van der Waals surface area contributed by atoms with E-state index in [9.17, 15) is 8.42 Å². The van der Waals surface area contributed by atoms with Crippen LogP contribution >= 0.6 is 0 Å². The van der Waals surface area contributed by atoms with E-state index >= 15 is 0 Å². The highest BCUT2D eigenvalue weighted by atomic mass is 32.2. The highest BCUT2D eigenvalue weighted by molar-refractivity contribution is 7.89. The van der Waals surface area contributed by atoms with Gasteiger partial charge in [0.15, 0.2) is 0 Å². The zero-order valence-electron chi connectivity index (χ0n) is 14.4. The highest BCUT2D eigenvalue weighted by Crippen LogP contribution is 2.27. The predicted octanol–water partition coefficient (Wildman–Crippen LogP) is 4.30. The van der Waals surface area contributed by atoms with Gasteiger partial charge < -0.3 is 0 Å². The average Bonchev–Trinajstić information content (AvgIpc) is 2.59. The molecule has 0 bridgehead atoms. The minimum absolute atomic E-state index is 0.191. The van der Waals surface area contributed by atoms with Gasteiger partial charge >= 0.3 is 0 Å². The molecule has 0 spiro atoms. The van der Waals surface area contributed by atoms with E-state index in [-0.39, 0.29) is 6.04 Å². The molecule has 1 N–H and O–H groups in total. The van der Waals surface area contributed by atoms with Gasteiger partial charge in [-0.05, 0) is 67.9 Å². The van der Waals surface area contributed by atoms with Gasteiger partial charge in [0.25, 0.3) is 0 Å². The van der Waals surface area contributed by atoms with E-state index in [0.29, 0.717) is 4.90 Å². The maximum absolute atomic E-state index is 12.7. The lowest BCUT2D eigenvalue weighted by atomic mass is 9.89. The molecule has 3 nitrogen and oxygen atoms in total. The van der Waals surface area contributed by atoms with E-state index in [1.54, 1.807) is 12.1 Å². The van der Waals surface area contributed by atoms with Crippen LogP contribution in [0.5, 0.6) is 0 Å². The number of nitrogens with one attached hydrogen (secondary N) is 1. The summed E-state index contributed by atoms with van der Waals surface area (Å²) in [7, 11) is -3.51. The highest BCUT2D eigenvalue weighted by Gasteiger charge is 2.21. The fourth-order valence-electron chi connectivity index (χ4n) is 3.33. The molecule has 128 valence electrons. The van der Waals surface area contributed by atoms with Gasteiger partial charge in [-0.2, -0.15) is 0 Å². The van der Waals surface area contributed by atoms with Gasteiger partial charge in [0.05, 0.1) is 4.90 Å². The Bertz CT molecular complexity index is 810. The first-order valence-corrected chi connectivity index (χ1v) is 10.2. The molecule has 0 aromatic heterocycles. The Kier molecular flexibility index (Phi) is 5.07. The molecule has 1 atom stereocenters. The topological polar surface area (TPSA) is 46.2 Å². The molecule has 1 aliphatic rings. The third-order valence-electron chi connectivity index (χ3n) is 4.81. The summed E-state index contributed by atoms with van der Waals surface area (Å²) in [5.41, 5.74) is 4.91. The first-order chi connectivity index (χ1) is 11.5. The standard InChI is InChI=1S/C20H25NO2S/c1-3-20(18-11-10-16-6-4-5-7-17(16)14-18)21-24(22,23)19-12-8-15(2)9-13-19/h8-14,20-21H,3-7H2,1-2H3/t20-/m1/s1. The third kappa shape index (κ3) is 3.70. The van der Waals surface area contributed by atoms with Crippen LogP contribution in [0.15, 0.2) is 47.4 Å². The van der Waals surface area contributed by atoms with Crippen molar-refractivity contribution in [3.05, 3.63) is 64.7 Å². The maximum atomic E-state index is 12.7. The van der Waals surface area contributed by atoms with Crippen molar-refractivity contribution in [2.75, 3.05) is 0 Å². The van der Waals surface area contributed by atoms with E-state index in [2.05, 4.69) is 22.9 Å². The first kappa shape index (κ1) is 17.2. The number of fused-ring (bicyclic) bond motifs is 1. The van der Waals surface area contributed by atoms with Crippen LogP contribution in [0.4, 0.5) is 0 Å². The van der Waals surface area contributed by atoms with Crippen molar-refractivity contribution in [2.45, 2.75) is 56.9 Å². The molecule has 0 aliphatic heterocycles. The van der Waals surface area contributed by atoms with Gasteiger partial charge in [0.1, 0.15) is 0 Å². The summed E-state index contributed by atoms with van der Waals surface area (Å²) in [6.45, 7) is 3.97. The largest absolute Gasteiger partial charge is 0.241 e. The summed E-state index contributed by atoms with van der Waals surface area (Å²) in [4.78, 5) is 0.324. The number of aryl methyl sites for hydroxylation is 3. The van der Waals surface area contributed by atoms with Crippen molar-refractivity contribution >= 4 is 10.0 Å². The molecule has 0 radical (unpaired) electrons. The summed E-state index contributed by atoms with van der Waals surface area (Å²) in [5, 5.41) is 0. The van der Waals surface area contributed by atoms with Crippen LogP contribution in [-0.4, -0.2) is 8.42 Å². The molecule has 0 amide bonds. The molecule has 1 aliphatic carbocycles. The van der Waals surface area contributed by atoms with Crippen LogP contribution in [-0.2, 0) is 22.9 Å². The SMILES string of the molecule is CC[C@@H](NS(=O)(=O)c1ccc(C)cc1)c1ccc2c(c1)CCCC2. The second kappa shape index (κ2) is 7.08. The van der Waals surface area contributed by atoms with Gasteiger partial charge in [-0.25, -0.2) is 13.1 Å². The maximum Gasteiger partial charge on any atom is 0.241 e. The summed E-state index contributed by atoms with van der Waals surface area (Å²) < 4.78 is 28.2. The van der Waals surface area contributed by atoms with E-state index in [1.165, 1.54) is 24.0 Å². The normalized spacial score (nSPS) is 15.8. The first-order valence-electron chi connectivity index (χ1n) is 8.70. The predicted molar refractivity (Wildman–Crippen MR) is 97.6 cm³/mol. The van der Waals surface area contributed by atoms with Crippen LogP contribution in [0.1, 0.15) is 54.5 Å². The fraction of sp³-hybridized carbons (Fsp3) is 0.400. The Balaban J connectivity index is 1.85. The smallest absolute Gasteiger partial charge is 0.207 e. The third-order valence-corrected chi connectivity index (χ3v) is 6.30. The van der Waals surface area contributed by atoms with Crippen LogP contribution in [0.25, 0.3) is 0 Å². The number of rotatable bonds is 5. The van der Waals surface area contributed by atoms with Crippen LogP contribution in [0.3, 0.4) is 0 Å². The Morgan fingerprint density at radius 2 is 1.67 bits per heavy atom. The van der Waals surface area contributed by atoms with Crippen molar-refractivity contribution in [3.8, 4) is 0 Å². The minimum Gasteiger partial charge on any atom is -0.207 e. The van der Waals surface area contributed by atoms with Gasteiger partial charge in [-0.3, -0.25) is 0 Å². The molecule has 0 saturated heterocycles. The summed E-state index contributed by atoms with van der Waals surface area (Å²) >= 11 is 0. The van der Waals surface area contributed by atoms with Crippen molar-refractivity contribution in [2.24, 2.45) is 0 Å². The van der Waals surface area contributed by atoms with E-state index in [0.717, 1.165) is 30.4 Å². The Morgan fingerprint density at radius 3 is 2.33 bits per heavy atom. The number of sulfonamides is 1. The Morgan fingerprint density at radius 1 is 1.00 bits per heavy atom. The van der Waals surface area contributed by atoms with Crippen LogP contribution in [0.2, 0.25) is 0 Å². The molecule has 2 aromatic carbocycles. The van der Waals surface area contributed by atoms with Gasteiger partial charge in [0, 0.05) is 6.04 Å². The molecule has 3 rings (SSSR count). The van der Waals surface area contributed by atoms with Crippen molar-refractivity contribution in [1.82, 2.24) is 4.72 Å². The number of hydrogen-bond donors (Lipinski definition) is 1. The van der Waals surface area contributed by atoms with Crippen molar-refractivity contribution in [1.29, 1.82) is 0 Å². The van der Waals surface area contributed by atoms with E-state index in [4.69, 9.17) is 0 Å². The molecule has 4 heteroatoms. The van der Waals surface area contributed by atoms with Crippen LogP contribution < -0.4 is 4.72 Å². The van der Waals surface area contributed by atoms with Gasteiger partial charge in [-0.1, -0.05) is 42.8 Å². The molecule has 2 aromatic rings. The van der Waals surface area contributed by atoms with E-state index < -0.39 is 10.0 Å². The molecule has 0 heterocycles. The molecule has 0 unspecified atom stereocenters. The van der Waals surface area contributed by atoms with Crippen LogP contribution in [0, 0.1) is 6.92 Å². The van der Waals surface area contributed by atoms with Gasteiger partial charge in [0.2, 0.25) is 10.0 Å². The molecule has 0 fully saturated rings.